The molecule has 0 unspecified atom stereocenters. The van der Waals surface area contributed by atoms with Crippen molar-refractivity contribution in [3.05, 3.63) is 29.8 Å². The first-order valence-corrected chi connectivity index (χ1v) is 7.47. The second kappa shape index (κ2) is 8.18. The van der Waals surface area contributed by atoms with Gasteiger partial charge in [-0.2, -0.15) is 0 Å². The van der Waals surface area contributed by atoms with Gasteiger partial charge in [-0.15, -0.1) is 0 Å². The summed E-state index contributed by atoms with van der Waals surface area (Å²) in [6, 6.07) is 8.16. The lowest BCUT2D eigenvalue weighted by Gasteiger charge is -2.06. The van der Waals surface area contributed by atoms with Gasteiger partial charge in [0, 0.05) is 18.9 Å². The fourth-order valence-electron chi connectivity index (χ4n) is 2.12. The summed E-state index contributed by atoms with van der Waals surface area (Å²) in [6.07, 6.45) is 6.12. The first-order valence-electron chi connectivity index (χ1n) is 7.47. The molecule has 0 aliphatic heterocycles. The van der Waals surface area contributed by atoms with E-state index in [0.717, 1.165) is 57.2 Å². The Bertz CT molecular complexity index is 364. The van der Waals surface area contributed by atoms with Gasteiger partial charge in [-0.1, -0.05) is 12.1 Å². The van der Waals surface area contributed by atoms with Crippen molar-refractivity contribution in [1.82, 2.24) is 5.32 Å². The lowest BCUT2D eigenvalue weighted by molar-refractivity contribution is 0.122. The van der Waals surface area contributed by atoms with E-state index in [4.69, 9.17) is 10.5 Å². The molecule has 0 spiro atoms. The van der Waals surface area contributed by atoms with Crippen LogP contribution in [0.1, 0.15) is 31.2 Å². The van der Waals surface area contributed by atoms with Crippen molar-refractivity contribution in [3.63, 3.8) is 0 Å². The van der Waals surface area contributed by atoms with E-state index in [0.29, 0.717) is 0 Å². The molecule has 3 heteroatoms. The molecule has 19 heavy (non-hydrogen) atoms. The maximum atomic E-state index is 5.75. The van der Waals surface area contributed by atoms with Crippen molar-refractivity contribution in [2.24, 2.45) is 5.92 Å². The van der Waals surface area contributed by atoms with Gasteiger partial charge >= 0.3 is 0 Å². The van der Waals surface area contributed by atoms with Crippen molar-refractivity contribution in [2.45, 2.75) is 32.1 Å². The van der Waals surface area contributed by atoms with E-state index < -0.39 is 0 Å². The van der Waals surface area contributed by atoms with Gasteiger partial charge in [-0.3, -0.25) is 0 Å². The molecule has 1 aliphatic carbocycles. The monoisotopic (exact) mass is 262 g/mol. The Balaban J connectivity index is 1.39. The number of rotatable bonds is 10. The molecule has 3 nitrogen and oxygen atoms in total. The van der Waals surface area contributed by atoms with E-state index in [1.54, 1.807) is 0 Å². The molecule has 1 saturated carbocycles. The van der Waals surface area contributed by atoms with Crippen molar-refractivity contribution >= 4 is 5.69 Å². The quantitative estimate of drug-likeness (QED) is 0.503. The molecule has 2 rings (SSSR count). The highest BCUT2D eigenvalue weighted by atomic mass is 16.5. The number of anilines is 1. The zero-order chi connectivity index (χ0) is 13.3. The molecule has 1 aromatic rings. The minimum atomic E-state index is 0.860. The fourth-order valence-corrected chi connectivity index (χ4v) is 2.12. The first kappa shape index (κ1) is 14.4. The van der Waals surface area contributed by atoms with Crippen molar-refractivity contribution < 1.29 is 4.74 Å². The minimum absolute atomic E-state index is 0.860. The summed E-state index contributed by atoms with van der Waals surface area (Å²) in [5.74, 6) is 0.881. The van der Waals surface area contributed by atoms with Crippen LogP contribution in [0.2, 0.25) is 0 Å². The van der Waals surface area contributed by atoms with Crippen LogP contribution in [0.4, 0.5) is 5.69 Å². The molecule has 0 aromatic heterocycles. The van der Waals surface area contributed by atoms with Crippen LogP contribution in [0.25, 0.3) is 0 Å². The van der Waals surface area contributed by atoms with E-state index in [1.807, 2.05) is 12.1 Å². The van der Waals surface area contributed by atoms with Crippen molar-refractivity contribution in [3.8, 4) is 0 Å². The topological polar surface area (TPSA) is 47.3 Å². The van der Waals surface area contributed by atoms with Crippen LogP contribution in [-0.4, -0.2) is 26.3 Å². The van der Waals surface area contributed by atoms with Gasteiger partial charge < -0.3 is 15.8 Å². The normalized spacial score (nSPS) is 14.7. The van der Waals surface area contributed by atoms with Gasteiger partial charge in [0.1, 0.15) is 0 Å². The van der Waals surface area contributed by atoms with Gasteiger partial charge in [-0.05, 0) is 68.8 Å². The molecule has 3 N–H and O–H groups in total. The van der Waals surface area contributed by atoms with Gasteiger partial charge in [-0.25, -0.2) is 0 Å². The molecule has 0 amide bonds. The Labute approximate surface area is 116 Å². The molecule has 0 bridgehead atoms. The summed E-state index contributed by atoms with van der Waals surface area (Å²) in [6.45, 7) is 4.01. The van der Waals surface area contributed by atoms with Crippen LogP contribution in [0, 0.1) is 5.92 Å². The molecular weight excluding hydrogens is 236 g/mol. The number of aryl methyl sites for hydroxylation is 1. The third-order valence-corrected chi connectivity index (χ3v) is 3.46. The molecule has 0 atom stereocenters. The Kier molecular flexibility index (Phi) is 6.18. The number of hydrogen-bond acceptors (Lipinski definition) is 3. The van der Waals surface area contributed by atoms with Crippen LogP contribution >= 0.6 is 0 Å². The number of benzene rings is 1. The van der Waals surface area contributed by atoms with Crippen LogP contribution in [0.5, 0.6) is 0 Å². The first-order chi connectivity index (χ1) is 9.34. The highest BCUT2D eigenvalue weighted by Gasteiger charge is 2.20. The number of nitrogens with two attached hydrogens (primary N) is 1. The summed E-state index contributed by atoms with van der Waals surface area (Å²) < 4.78 is 5.59. The minimum Gasteiger partial charge on any atom is -0.399 e. The van der Waals surface area contributed by atoms with Gasteiger partial charge in [0.25, 0.3) is 0 Å². The Hall–Kier alpha value is -1.06. The second-order valence-electron chi connectivity index (χ2n) is 5.47. The third kappa shape index (κ3) is 6.60. The standard InChI is InChI=1S/C16H26N2O/c17-16-6-1-4-14(12-16)5-2-9-18-10-3-11-19-13-15-7-8-15/h1,4,6,12,15,18H,2-3,5,7-11,13,17H2. The zero-order valence-corrected chi connectivity index (χ0v) is 11.7. The summed E-state index contributed by atoms with van der Waals surface area (Å²) in [5, 5.41) is 3.46. The Morgan fingerprint density at radius 1 is 1.21 bits per heavy atom. The maximum absolute atomic E-state index is 5.75. The molecule has 1 aliphatic rings. The third-order valence-electron chi connectivity index (χ3n) is 3.46. The van der Waals surface area contributed by atoms with Gasteiger partial charge in [0.05, 0.1) is 0 Å². The molecule has 0 saturated heterocycles. The lowest BCUT2D eigenvalue weighted by Crippen LogP contribution is -2.18. The van der Waals surface area contributed by atoms with Crippen LogP contribution in [-0.2, 0) is 11.2 Å². The summed E-state index contributed by atoms with van der Waals surface area (Å²) in [4.78, 5) is 0. The van der Waals surface area contributed by atoms with E-state index in [2.05, 4.69) is 17.4 Å². The average molecular weight is 262 g/mol. The average Bonchev–Trinajstić information content (AvgIpc) is 3.21. The SMILES string of the molecule is Nc1cccc(CCCNCCCOCC2CC2)c1. The molecule has 1 fully saturated rings. The van der Waals surface area contributed by atoms with Crippen LogP contribution < -0.4 is 11.1 Å². The molecule has 106 valence electrons. The largest absolute Gasteiger partial charge is 0.399 e. The lowest BCUT2D eigenvalue weighted by atomic mass is 10.1. The van der Waals surface area contributed by atoms with E-state index >= 15 is 0 Å². The van der Waals surface area contributed by atoms with E-state index in [9.17, 15) is 0 Å². The molecular formula is C16H26N2O. The number of nitrogens with one attached hydrogen (secondary N) is 1. The predicted octanol–water partition coefficient (Wildman–Crippen LogP) is 2.61. The summed E-state index contributed by atoms with van der Waals surface area (Å²) >= 11 is 0. The summed E-state index contributed by atoms with van der Waals surface area (Å²) in [5.41, 5.74) is 7.94. The number of hydrogen-bond donors (Lipinski definition) is 2. The van der Waals surface area contributed by atoms with Gasteiger partial charge in [0.15, 0.2) is 0 Å². The molecule has 1 aromatic carbocycles. The van der Waals surface area contributed by atoms with Crippen LogP contribution in [0.15, 0.2) is 24.3 Å². The van der Waals surface area contributed by atoms with Gasteiger partial charge in [0.2, 0.25) is 0 Å². The number of ether oxygens (including phenoxy) is 1. The smallest absolute Gasteiger partial charge is 0.0494 e. The van der Waals surface area contributed by atoms with E-state index in [-0.39, 0.29) is 0 Å². The Morgan fingerprint density at radius 3 is 2.84 bits per heavy atom. The Morgan fingerprint density at radius 2 is 2.05 bits per heavy atom. The number of nitrogen functional groups attached to an aromatic ring is 1. The molecule has 0 radical (unpaired) electrons. The van der Waals surface area contributed by atoms with E-state index in [1.165, 1.54) is 18.4 Å². The van der Waals surface area contributed by atoms with Crippen molar-refractivity contribution in [1.29, 1.82) is 0 Å². The summed E-state index contributed by atoms with van der Waals surface area (Å²) in [7, 11) is 0. The second-order valence-corrected chi connectivity index (χ2v) is 5.47. The zero-order valence-electron chi connectivity index (χ0n) is 11.7. The predicted molar refractivity (Wildman–Crippen MR) is 80.2 cm³/mol. The maximum Gasteiger partial charge on any atom is 0.0494 e. The van der Waals surface area contributed by atoms with Crippen molar-refractivity contribution in [2.75, 3.05) is 32.0 Å². The highest BCUT2D eigenvalue weighted by Crippen LogP contribution is 2.28. The van der Waals surface area contributed by atoms with Crippen LogP contribution in [0.3, 0.4) is 0 Å². The molecule has 0 heterocycles. The fraction of sp³-hybridized carbons (Fsp3) is 0.625. The highest BCUT2D eigenvalue weighted by molar-refractivity contribution is 5.40.